The van der Waals surface area contributed by atoms with Gasteiger partial charge in [0.2, 0.25) is 0 Å². The first-order valence-electron chi connectivity index (χ1n) is 5.22. The van der Waals surface area contributed by atoms with E-state index in [1.807, 2.05) is 6.92 Å². The summed E-state index contributed by atoms with van der Waals surface area (Å²) in [6, 6.07) is 2.52. The van der Waals surface area contributed by atoms with Crippen molar-refractivity contribution in [3.63, 3.8) is 0 Å². The summed E-state index contributed by atoms with van der Waals surface area (Å²) in [7, 11) is -0.958. The minimum atomic E-state index is -0.958. The molecule has 1 aliphatic rings. The van der Waals surface area contributed by atoms with Gasteiger partial charge in [0.1, 0.15) is 5.60 Å². The van der Waals surface area contributed by atoms with E-state index < -0.39 is 8.07 Å². The third-order valence-corrected chi connectivity index (χ3v) is 6.38. The quantitative estimate of drug-likeness (QED) is 0.399. The van der Waals surface area contributed by atoms with Gasteiger partial charge in [0, 0.05) is 14.1 Å². The van der Waals surface area contributed by atoms with Crippen molar-refractivity contribution in [1.29, 1.82) is 0 Å². The van der Waals surface area contributed by atoms with Crippen LogP contribution in [-0.4, -0.2) is 19.6 Å². The molecule has 0 atom stereocenters. The maximum Gasteiger partial charge on any atom is 0.330 e. The van der Waals surface area contributed by atoms with E-state index in [1.165, 1.54) is 18.2 Å². The molecule has 1 rings (SSSR count). The Labute approximate surface area is 87.3 Å². The molecular formula is C11H20O2Si. The van der Waals surface area contributed by atoms with Crippen LogP contribution in [0.1, 0.15) is 19.8 Å². The van der Waals surface area contributed by atoms with E-state index in [4.69, 9.17) is 4.74 Å². The molecular weight excluding hydrogens is 192 g/mol. The molecule has 3 heteroatoms. The van der Waals surface area contributed by atoms with E-state index in [-0.39, 0.29) is 11.6 Å². The first-order chi connectivity index (χ1) is 6.37. The number of hydrogen-bond donors (Lipinski definition) is 0. The molecule has 0 N–H and O–H groups in total. The topological polar surface area (TPSA) is 26.3 Å². The number of carbonyl (C=O) groups is 1. The largest absolute Gasteiger partial charge is 0.456 e. The fraction of sp³-hybridized carbons (Fsp3) is 0.727. The van der Waals surface area contributed by atoms with Crippen molar-refractivity contribution in [2.24, 2.45) is 0 Å². The van der Waals surface area contributed by atoms with Gasteiger partial charge < -0.3 is 4.74 Å². The zero-order chi connectivity index (χ0) is 10.8. The lowest BCUT2D eigenvalue weighted by Gasteiger charge is -2.39. The first kappa shape index (κ1) is 11.5. The second kappa shape index (κ2) is 3.89. The molecule has 0 amide bonds. The standard InChI is InChI=1S/C11H20O2Si/c1-5-10(12)13-11(2)6-8-14(3,4)9-7-11/h5H,1,6-9H2,2-4H3. The zero-order valence-corrected chi connectivity index (χ0v) is 10.4. The maximum absolute atomic E-state index is 11.1. The summed E-state index contributed by atoms with van der Waals surface area (Å²) in [5.74, 6) is -0.283. The average Bonchev–Trinajstić information content (AvgIpc) is 2.11. The molecule has 0 radical (unpaired) electrons. The molecule has 0 bridgehead atoms. The molecule has 1 heterocycles. The molecule has 0 saturated carbocycles. The summed E-state index contributed by atoms with van der Waals surface area (Å²) in [5, 5.41) is 0. The van der Waals surface area contributed by atoms with Crippen LogP contribution in [0.5, 0.6) is 0 Å². The molecule has 1 aliphatic heterocycles. The number of carbonyl (C=O) groups excluding carboxylic acids is 1. The molecule has 0 aliphatic carbocycles. The zero-order valence-electron chi connectivity index (χ0n) is 9.43. The van der Waals surface area contributed by atoms with Crippen LogP contribution in [0.2, 0.25) is 25.2 Å². The summed E-state index contributed by atoms with van der Waals surface area (Å²) in [6.07, 6.45) is 3.29. The van der Waals surface area contributed by atoms with Gasteiger partial charge in [0.15, 0.2) is 0 Å². The van der Waals surface area contributed by atoms with E-state index in [9.17, 15) is 4.79 Å². The van der Waals surface area contributed by atoms with Crippen LogP contribution in [0.15, 0.2) is 12.7 Å². The highest BCUT2D eigenvalue weighted by Crippen LogP contribution is 2.37. The normalized spacial score (nSPS) is 23.9. The third kappa shape index (κ3) is 2.98. The average molecular weight is 212 g/mol. The van der Waals surface area contributed by atoms with Crippen LogP contribution >= 0.6 is 0 Å². The Bertz CT molecular complexity index is 236. The summed E-state index contributed by atoms with van der Waals surface area (Å²) >= 11 is 0. The molecule has 1 fully saturated rings. The highest BCUT2D eigenvalue weighted by atomic mass is 28.3. The van der Waals surface area contributed by atoms with Gasteiger partial charge in [0.05, 0.1) is 0 Å². The third-order valence-electron chi connectivity index (χ3n) is 3.17. The van der Waals surface area contributed by atoms with Gasteiger partial charge in [-0.3, -0.25) is 0 Å². The van der Waals surface area contributed by atoms with Gasteiger partial charge in [-0.05, 0) is 19.8 Å². The fourth-order valence-electron chi connectivity index (χ4n) is 1.84. The van der Waals surface area contributed by atoms with Crippen LogP contribution in [0.3, 0.4) is 0 Å². The van der Waals surface area contributed by atoms with Crippen molar-refractivity contribution >= 4 is 14.0 Å². The first-order valence-corrected chi connectivity index (χ1v) is 8.64. The van der Waals surface area contributed by atoms with Crippen molar-refractivity contribution in [2.75, 3.05) is 0 Å². The SMILES string of the molecule is C=CC(=O)OC1(C)CC[Si](C)(C)CC1. The van der Waals surface area contributed by atoms with Crippen LogP contribution in [-0.2, 0) is 9.53 Å². The summed E-state index contributed by atoms with van der Waals surface area (Å²) < 4.78 is 5.39. The fourth-order valence-corrected chi connectivity index (χ4v) is 4.50. The lowest BCUT2D eigenvalue weighted by Crippen LogP contribution is -2.42. The number of esters is 1. The van der Waals surface area contributed by atoms with Gasteiger partial charge in [-0.25, -0.2) is 4.79 Å². The van der Waals surface area contributed by atoms with Crippen LogP contribution in [0.25, 0.3) is 0 Å². The monoisotopic (exact) mass is 212 g/mol. The van der Waals surface area contributed by atoms with E-state index in [0.717, 1.165) is 12.8 Å². The van der Waals surface area contributed by atoms with Crippen molar-refractivity contribution in [1.82, 2.24) is 0 Å². The Morgan fingerprint density at radius 3 is 2.36 bits per heavy atom. The van der Waals surface area contributed by atoms with Crippen LogP contribution in [0.4, 0.5) is 0 Å². The second-order valence-electron chi connectivity index (χ2n) is 5.24. The van der Waals surface area contributed by atoms with Crippen LogP contribution in [0, 0.1) is 0 Å². The summed E-state index contributed by atoms with van der Waals surface area (Å²) in [5.41, 5.74) is -0.228. The molecule has 0 aromatic heterocycles. The predicted octanol–water partition coefficient (Wildman–Crippen LogP) is 2.98. The van der Waals surface area contributed by atoms with E-state index in [2.05, 4.69) is 19.7 Å². The Balaban J connectivity index is 2.53. The minimum Gasteiger partial charge on any atom is -0.456 e. The summed E-state index contributed by atoms with van der Waals surface area (Å²) in [4.78, 5) is 11.1. The van der Waals surface area contributed by atoms with E-state index >= 15 is 0 Å². The lowest BCUT2D eigenvalue weighted by molar-refractivity contribution is -0.152. The number of hydrogen-bond acceptors (Lipinski definition) is 2. The molecule has 14 heavy (non-hydrogen) atoms. The number of ether oxygens (including phenoxy) is 1. The Morgan fingerprint density at radius 2 is 1.93 bits per heavy atom. The van der Waals surface area contributed by atoms with Crippen molar-refractivity contribution in [2.45, 2.75) is 50.5 Å². The van der Waals surface area contributed by atoms with E-state index in [1.54, 1.807) is 0 Å². The highest BCUT2D eigenvalue weighted by molar-refractivity contribution is 6.77. The molecule has 80 valence electrons. The van der Waals surface area contributed by atoms with Crippen molar-refractivity contribution < 1.29 is 9.53 Å². The highest BCUT2D eigenvalue weighted by Gasteiger charge is 2.38. The van der Waals surface area contributed by atoms with Gasteiger partial charge in [-0.1, -0.05) is 31.8 Å². The van der Waals surface area contributed by atoms with Crippen molar-refractivity contribution in [3.05, 3.63) is 12.7 Å². The molecule has 0 aromatic carbocycles. The Kier molecular flexibility index (Phi) is 3.19. The van der Waals surface area contributed by atoms with Gasteiger partial charge in [-0.15, -0.1) is 0 Å². The predicted molar refractivity (Wildman–Crippen MR) is 61.0 cm³/mol. The Morgan fingerprint density at radius 1 is 1.43 bits per heavy atom. The summed E-state index contributed by atoms with van der Waals surface area (Å²) in [6.45, 7) is 10.3. The molecule has 2 nitrogen and oxygen atoms in total. The van der Waals surface area contributed by atoms with Crippen LogP contribution < -0.4 is 0 Å². The lowest BCUT2D eigenvalue weighted by atomic mass is 9.99. The molecule has 0 aromatic rings. The second-order valence-corrected chi connectivity index (χ2v) is 10.6. The maximum atomic E-state index is 11.1. The molecule has 0 unspecified atom stereocenters. The van der Waals surface area contributed by atoms with Crippen molar-refractivity contribution in [3.8, 4) is 0 Å². The minimum absolute atomic E-state index is 0.228. The van der Waals surface area contributed by atoms with Gasteiger partial charge in [-0.2, -0.15) is 0 Å². The molecule has 0 spiro atoms. The Hall–Kier alpha value is -0.573. The van der Waals surface area contributed by atoms with Gasteiger partial charge >= 0.3 is 5.97 Å². The number of rotatable bonds is 2. The smallest absolute Gasteiger partial charge is 0.330 e. The molecule has 1 saturated heterocycles. The van der Waals surface area contributed by atoms with E-state index in [0.29, 0.717) is 0 Å². The van der Waals surface area contributed by atoms with Gasteiger partial charge in [0.25, 0.3) is 0 Å².